The van der Waals surface area contributed by atoms with Crippen LogP contribution in [-0.2, 0) is 4.74 Å². The second-order valence-corrected chi connectivity index (χ2v) is 7.82. The van der Waals surface area contributed by atoms with Gasteiger partial charge in [0.15, 0.2) is 17.5 Å². The average molecular weight is 404 g/mol. The highest BCUT2D eigenvalue weighted by Gasteiger charge is 2.25. The van der Waals surface area contributed by atoms with Gasteiger partial charge in [-0.05, 0) is 25.0 Å². The summed E-state index contributed by atoms with van der Waals surface area (Å²) in [5.74, 6) is 4.97. The van der Waals surface area contributed by atoms with Crippen LogP contribution < -0.4 is 5.32 Å². The molecule has 152 valence electrons. The summed E-state index contributed by atoms with van der Waals surface area (Å²) in [6, 6.07) is 5.79. The van der Waals surface area contributed by atoms with E-state index in [0.29, 0.717) is 42.0 Å². The van der Waals surface area contributed by atoms with Crippen molar-refractivity contribution in [1.29, 1.82) is 0 Å². The molecule has 7 nitrogen and oxygen atoms in total. The highest BCUT2D eigenvalue weighted by atomic mass is 32.1. The fourth-order valence-electron chi connectivity index (χ4n) is 2.85. The minimum atomic E-state index is -0.564. The number of anilines is 2. The third-order valence-electron chi connectivity index (χ3n) is 4.58. The molecule has 0 radical (unpaired) electrons. The van der Waals surface area contributed by atoms with E-state index in [1.165, 1.54) is 24.2 Å². The van der Waals surface area contributed by atoms with Crippen LogP contribution in [0.3, 0.4) is 0 Å². The quantitative estimate of drug-likeness (QED) is 0.476. The monoisotopic (exact) mass is 403 g/mol. The van der Waals surface area contributed by atoms with Crippen LogP contribution in [0.2, 0.25) is 0 Å². The van der Waals surface area contributed by atoms with Gasteiger partial charge >= 0.3 is 0 Å². The highest BCUT2D eigenvalue weighted by Crippen LogP contribution is 2.39. The number of hydrogen-bond acceptors (Lipinski definition) is 7. The molecule has 3 heterocycles. The zero-order chi connectivity index (χ0) is 19.5. The number of thiophene rings is 1. The Bertz CT molecular complexity index is 1020. The van der Waals surface area contributed by atoms with Gasteiger partial charge in [-0.15, -0.1) is 17.8 Å². The highest BCUT2D eigenvalue weighted by molar-refractivity contribution is 7.15. The summed E-state index contributed by atoms with van der Waals surface area (Å²) in [6.45, 7) is 0.502. The topological polar surface area (TPSA) is 96.0 Å². The smallest absolute Gasteiger partial charge is 0.171 e. The molecule has 3 N–H and O–H groups in total. The molecular weight excluding hydrogens is 374 g/mol. The van der Waals surface area contributed by atoms with Gasteiger partial charge in [-0.2, -0.15) is 5.10 Å². The van der Waals surface area contributed by atoms with Gasteiger partial charge in [-0.3, -0.25) is 5.10 Å². The van der Waals surface area contributed by atoms with Gasteiger partial charge in [-0.25, -0.2) is 9.97 Å². The van der Waals surface area contributed by atoms with E-state index in [0.717, 1.165) is 15.4 Å². The second-order valence-electron chi connectivity index (χ2n) is 6.71. The van der Waals surface area contributed by atoms with Crippen LogP contribution in [0.15, 0.2) is 24.4 Å². The van der Waals surface area contributed by atoms with Crippen molar-refractivity contribution in [2.24, 2.45) is 0 Å². The molecule has 0 saturated heterocycles. The summed E-state index contributed by atoms with van der Waals surface area (Å²) in [5.41, 5.74) is 1.70. The van der Waals surface area contributed by atoms with Gasteiger partial charge in [0.05, 0.1) is 16.5 Å². The van der Waals surface area contributed by atoms with E-state index in [9.17, 15) is 5.11 Å². The molecule has 28 heavy (non-hydrogen) atoms. The Morgan fingerprint density at radius 1 is 1.50 bits per heavy atom. The van der Waals surface area contributed by atoms with Gasteiger partial charge in [-0.1, -0.05) is 5.92 Å². The summed E-state index contributed by atoms with van der Waals surface area (Å²) in [7, 11) is 1.62. The van der Waals surface area contributed by atoms with Gasteiger partial charge in [0.1, 0.15) is 0 Å². The van der Waals surface area contributed by atoms with E-state index in [1.807, 2.05) is 18.2 Å². The van der Waals surface area contributed by atoms with Crippen molar-refractivity contribution < 1.29 is 15.5 Å². The Balaban J connectivity index is 0.00000240. The molecule has 0 amide bonds. The van der Waals surface area contributed by atoms with Crippen molar-refractivity contribution in [1.82, 2.24) is 20.2 Å². The Hall–Kier alpha value is -2.73. The lowest BCUT2D eigenvalue weighted by molar-refractivity contribution is 0.113. The minimum Gasteiger partial charge on any atom is -0.387 e. The summed E-state index contributed by atoms with van der Waals surface area (Å²) >= 11 is 1.46. The van der Waals surface area contributed by atoms with Crippen LogP contribution in [0.4, 0.5) is 11.6 Å². The maximum absolute atomic E-state index is 10.2. The molecule has 1 atom stereocenters. The molecule has 3 aromatic heterocycles. The summed E-state index contributed by atoms with van der Waals surface area (Å²) in [4.78, 5) is 10.7. The molecule has 1 unspecified atom stereocenters. The van der Waals surface area contributed by atoms with Crippen LogP contribution in [0.1, 0.15) is 53.1 Å². The number of aliphatic hydroxyl groups is 1. The Kier molecular flexibility index (Phi) is 5.39. The molecule has 0 aliphatic heterocycles. The first-order valence-electron chi connectivity index (χ1n) is 9.11. The van der Waals surface area contributed by atoms with E-state index in [1.54, 1.807) is 13.3 Å². The molecule has 0 bridgehead atoms. The lowest BCUT2D eigenvalue weighted by atomic mass is 10.2. The molecule has 0 spiro atoms. The first kappa shape index (κ1) is 18.6. The Morgan fingerprint density at radius 2 is 2.36 bits per heavy atom. The molecule has 0 aromatic carbocycles. The largest absolute Gasteiger partial charge is 0.387 e. The number of hydrogen-bond donors (Lipinski definition) is 3. The lowest BCUT2D eigenvalue weighted by Gasteiger charge is -2.07. The summed E-state index contributed by atoms with van der Waals surface area (Å²) < 4.78 is 5.03. The molecule has 1 aliphatic rings. The van der Waals surface area contributed by atoms with Crippen LogP contribution in [-0.4, -0.2) is 39.0 Å². The number of terminal acetylenes is 1. The zero-order valence-electron chi connectivity index (χ0n) is 15.5. The third kappa shape index (κ3) is 4.07. The maximum Gasteiger partial charge on any atom is 0.171 e. The first-order chi connectivity index (χ1) is 13.7. The zero-order valence-corrected chi connectivity index (χ0v) is 16.3. The minimum absolute atomic E-state index is 0. The van der Waals surface area contributed by atoms with E-state index in [-0.39, 0.29) is 5.71 Å². The maximum atomic E-state index is 10.2. The number of aromatic amines is 1. The fraction of sp³-hybridized carbons (Fsp3) is 0.350. The van der Waals surface area contributed by atoms with Gasteiger partial charge in [0.2, 0.25) is 0 Å². The van der Waals surface area contributed by atoms with Crippen LogP contribution in [0.5, 0.6) is 0 Å². The number of aromatic nitrogens is 4. The average Bonchev–Trinajstić information content (AvgIpc) is 3.25. The number of nitrogens with zero attached hydrogens (tertiary/aromatic N) is 3. The molecule has 1 aliphatic carbocycles. The fourth-order valence-corrected chi connectivity index (χ4v) is 3.82. The number of ether oxygens (including phenoxy) is 1. The molecular formula is C20H29N5O2S. The van der Waals surface area contributed by atoms with Crippen LogP contribution >= 0.6 is 11.3 Å². The Labute approximate surface area is 173 Å². The van der Waals surface area contributed by atoms with Gasteiger partial charge in [0.25, 0.3) is 0 Å². The molecule has 1 fully saturated rings. The van der Waals surface area contributed by atoms with E-state index >= 15 is 0 Å². The predicted molar refractivity (Wildman–Crippen MR) is 117 cm³/mol. The molecule has 1 saturated carbocycles. The van der Waals surface area contributed by atoms with Crippen LogP contribution in [0, 0.1) is 12.3 Å². The number of methoxy groups -OCH3 is 1. The van der Waals surface area contributed by atoms with Crippen molar-refractivity contribution >= 4 is 23.0 Å². The van der Waals surface area contributed by atoms with Crippen molar-refractivity contribution in [3.63, 3.8) is 0 Å². The number of rotatable bonds is 8. The normalized spacial score (nSPS) is 14.6. The van der Waals surface area contributed by atoms with Crippen molar-refractivity contribution in [2.75, 3.05) is 19.0 Å². The number of H-pyrrole nitrogens is 1. The van der Waals surface area contributed by atoms with Crippen LogP contribution in [0.25, 0.3) is 10.7 Å². The predicted octanol–water partition coefficient (Wildman–Crippen LogP) is 4.58. The van der Waals surface area contributed by atoms with Gasteiger partial charge < -0.3 is 15.2 Å². The van der Waals surface area contributed by atoms with E-state index < -0.39 is 6.10 Å². The summed E-state index contributed by atoms with van der Waals surface area (Å²) in [5, 5.41) is 20.8. The van der Waals surface area contributed by atoms with E-state index in [4.69, 9.17) is 11.2 Å². The number of nitrogens with one attached hydrogen (secondary N) is 2. The lowest BCUT2D eigenvalue weighted by Crippen LogP contribution is -2.00. The van der Waals surface area contributed by atoms with Crippen molar-refractivity contribution in [3.05, 3.63) is 40.5 Å². The SMILES string of the molecule is C#Cc1cnc(-c2ccc(C(O)CCOC)s2)nc1Nc1cc(C2CC2)[nH]n1.[HH].[HH].[HH].[HH]. The second kappa shape index (κ2) is 8.10. The molecule has 4 rings (SSSR count). The standard InChI is InChI=1S/C20H21N5O2S.4H2/c1-3-12-11-21-20(17-7-6-16(28-17)15(26)8-9-27-2)23-19(12)22-18-10-14(24-25-18)13-4-5-13;;;;/h1,6-7,10-11,13,15,26H,4-5,8-9H2,2H3,(H2,21,22,23,24,25);4*1H. The van der Waals surface area contributed by atoms with Gasteiger partial charge in [0, 0.05) is 54.6 Å². The van der Waals surface area contributed by atoms with Crippen molar-refractivity contribution in [3.8, 4) is 23.0 Å². The first-order valence-corrected chi connectivity index (χ1v) is 9.92. The summed E-state index contributed by atoms with van der Waals surface area (Å²) in [6.07, 6.45) is 9.61. The number of aliphatic hydroxyl groups excluding tert-OH is 1. The van der Waals surface area contributed by atoms with E-state index in [2.05, 4.69) is 31.4 Å². The van der Waals surface area contributed by atoms with Crippen molar-refractivity contribution in [2.45, 2.75) is 31.3 Å². The molecule has 3 aromatic rings. The third-order valence-corrected chi connectivity index (χ3v) is 5.76. The Morgan fingerprint density at radius 3 is 3.11 bits per heavy atom. The molecule has 8 heteroatoms.